The summed E-state index contributed by atoms with van der Waals surface area (Å²) in [6.45, 7) is 4.67. The molecule has 6 heteroatoms. The Morgan fingerprint density at radius 1 is 1.38 bits per heavy atom. The molecule has 0 aliphatic heterocycles. The zero-order valence-electron chi connectivity index (χ0n) is 12.2. The van der Waals surface area contributed by atoms with Crippen molar-refractivity contribution in [2.75, 3.05) is 0 Å². The summed E-state index contributed by atoms with van der Waals surface area (Å²) in [5.74, 6) is 0.788. The van der Waals surface area contributed by atoms with Crippen molar-refractivity contribution in [2.24, 2.45) is 10.9 Å². The van der Waals surface area contributed by atoms with E-state index in [9.17, 15) is 0 Å². The average molecular weight is 288 g/mol. The van der Waals surface area contributed by atoms with Gasteiger partial charge in [0.1, 0.15) is 12.4 Å². The highest BCUT2D eigenvalue weighted by Crippen LogP contribution is 2.15. The molecule has 3 N–H and O–H groups in total. The molecule has 1 aromatic heterocycles. The van der Waals surface area contributed by atoms with Crippen LogP contribution in [0.5, 0.6) is 5.75 Å². The number of amidine groups is 1. The lowest BCUT2D eigenvalue weighted by Gasteiger charge is -2.08. The van der Waals surface area contributed by atoms with Gasteiger partial charge in [0.05, 0.1) is 5.69 Å². The normalized spacial score (nSPS) is 13.1. The number of hydrogen-bond donors (Lipinski definition) is 2. The molecule has 1 unspecified atom stereocenters. The Labute approximate surface area is 123 Å². The Bertz CT molecular complexity index is 604. The van der Waals surface area contributed by atoms with Gasteiger partial charge in [-0.1, -0.05) is 12.1 Å². The molecule has 0 fully saturated rings. The molecule has 2 aromatic rings. The van der Waals surface area contributed by atoms with Gasteiger partial charge in [0.2, 0.25) is 0 Å². The van der Waals surface area contributed by atoms with E-state index >= 15 is 0 Å². The Morgan fingerprint density at radius 3 is 2.71 bits per heavy atom. The molecule has 0 amide bonds. The second kappa shape index (κ2) is 6.78. The SMILES string of the molecule is CCC(C)n1ccc(COc2ccc(C(N)=NO)cc2)n1. The molecule has 1 heterocycles. The minimum Gasteiger partial charge on any atom is -0.487 e. The maximum Gasteiger partial charge on any atom is 0.170 e. The number of nitrogens with two attached hydrogens (primary N) is 1. The second-order valence-electron chi connectivity index (χ2n) is 4.84. The topological polar surface area (TPSA) is 85.7 Å². The molecule has 0 saturated heterocycles. The molecule has 1 aromatic carbocycles. The molecule has 21 heavy (non-hydrogen) atoms. The summed E-state index contributed by atoms with van der Waals surface area (Å²) in [6.07, 6.45) is 3.01. The third kappa shape index (κ3) is 3.75. The van der Waals surface area contributed by atoms with Crippen molar-refractivity contribution < 1.29 is 9.94 Å². The highest BCUT2D eigenvalue weighted by Gasteiger charge is 2.05. The Morgan fingerprint density at radius 2 is 2.10 bits per heavy atom. The summed E-state index contributed by atoms with van der Waals surface area (Å²) < 4.78 is 7.61. The predicted molar refractivity (Wildman–Crippen MR) is 80.5 cm³/mol. The third-order valence-electron chi connectivity index (χ3n) is 3.35. The Hall–Kier alpha value is -2.50. The fourth-order valence-electron chi connectivity index (χ4n) is 1.82. The van der Waals surface area contributed by atoms with Crippen molar-refractivity contribution in [3.05, 3.63) is 47.8 Å². The van der Waals surface area contributed by atoms with Crippen molar-refractivity contribution in [1.29, 1.82) is 0 Å². The molecular weight excluding hydrogens is 268 g/mol. The molecule has 112 valence electrons. The van der Waals surface area contributed by atoms with Crippen LogP contribution < -0.4 is 10.5 Å². The summed E-state index contributed by atoms with van der Waals surface area (Å²) >= 11 is 0. The van der Waals surface area contributed by atoms with Gasteiger partial charge >= 0.3 is 0 Å². The first-order valence-electron chi connectivity index (χ1n) is 6.88. The van der Waals surface area contributed by atoms with Gasteiger partial charge in [-0.25, -0.2) is 0 Å². The number of hydrogen-bond acceptors (Lipinski definition) is 4. The molecule has 0 radical (unpaired) electrons. The number of oxime groups is 1. The van der Waals surface area contributed by atoms with Crippen molar-refractivity contribution in [3.8, 4) is 5.75 Å². The molecule has 0 spiro atoms. The monoisotopic (exact) mass is 288 g/mol. The Kier molecular flexibility index (Phi) is 4.81. The van der Waals surface area contributed by atoms with Crippen LogP contribution in [0.25, 0.3) is 0 Å². The number of aromatic nitrogens is 2. The lowest BCUT2D eigenvalue weighted by Crippen LogP contribution is -2.12. The van der Waals surface area contributed by atoms with Gasteiger partial charge in [0, 0.05) is 17.8 Å². The van der Waals surface area contributed by atoms with Crippen LogP contribution in [0, 0.1) is 0 Å². The maximum absolute atomic E-state index is 8.60. The van der Waals surface area contributed by atoms with Gasteiger partial charge in [-0.15, -0.1) is 0 Å². The Balaban J connectivity index is 1.95. The summed E-state index contributed by atoms with van der Waals surface area (Å²) in [5, 5.41) is 16.0. The van der Waals surface area contributed by atoms with E-state index in [1.165, 1.54) is 0 Å². The summed E-state index contributed by atoms with van der Waals surface area (Å²) in [7, 11) is 0. The molecule has 6 nitrogen and oxygen atoms in total. The molecular formula is C15H20N4O2. The van der Waals surface area contributed by atoms with Crippen LogP contribution in [0.15, 0.2) is 41.7 Å². The lowest BCUT2D eigenvalue weighted by atomic mass is 10.2. The second-order valence-corrected chi connectivity index (χ2v) is 4.84. The predicted octanol–water partition coefficient (Wildman–Crippen LogP) is 2.53. The van der Waals surface area contributed by atoms with Gasteiger partial charge in [0.15, 0.2) is 5.84 Å². The van der Waals surface area contributed by atoms with E-state index < -0.39 is 0 Å². The van der Waals surface area contributed by atoms with E-state index in [-0.39, 0.29) is 5.84 Å². The van der Waals surface area contributed by atoms with Gasteiger partial charge in [-0.05, 0) is 43.7 Å². The van der Waals surface area contributed by atoms with Crippen LogP contribution in [-0.4, -0.2) is 20.8 Å². The van der Waals surface area contributed by atoms with Gasteiger partial charge in [-0.2, -0.15) is 5.10 Å². The first-order chi connectivity index (χ1) is 10.1. The largest absolute Gasteiger partial charge is 0.487 e. The maximum atomic E-state index is 8.60. The molecule has 2 rings (SSSR count). The molecule has 1 atom stereocenters. The van der Waals surface area contributed by atoms with Crippen LogP contribution in [0.4, 0.5) is 0 Å². The number of ether oxygens (including phenoxy) is 1. The number of benzene rings is 1. The quantitative estimate of drug-likeness (QED) is 0.370. The highest BCUT2D eigenvalue weighted by molar-refractivity contribution is 5.97. The van der Waals surface area contributed by atoms with Crippen molar-refractivity contribution in [1.82, 2.24) is 9.78 Å². The van der Waals surface area contributed by atoms with Gasteiger partial charge in [-0.3, -0.25) is 4.68 Å². The van der Waals surface area contributed by atoms with E-state index in [1.807, 2.05) is 16.9 Å². The molecule has 0 aliphatic carbocycles. The van der Waals surface area contributed by atoms with E-state index in [0.29, 0.717) is 24.0 Å². The molecule has 0 aliphatic rings. The lowest BCUT2D eigenvalue weighted by molar-refractivity contribution is 0.298. The van der Waals surface area contributed by atoms with Crippen molar-refractivity contribution >= 4 is 5.84 Å². The fourth-order valence-corrected chi connectivity index (χ4v) is 1.82. The number of nitrogens with zero attached hydrogens (tertiary/aromatic N) is 3. The van der Waals surface area contributed by atoms with Crippen LogP contribution in [0.2, 0.25) is 0 Å². The minimum atomic E-state index is 0.0776. The van der Waals surface area contributed by atoms with Crippen molar-refractivity contribution in [3.63, 3.8) is 0 Å². The molecule has 0 saturated carbocycles. The average Bonchev–Trinajstić information content (AvgIpc) is 3.01. The first-order valence-corrected chi connectivity index (χ1v) is 6.88. The fraction of sp³-hybridized carbons (Fsp3) is 0.333. The summed E-state index contributed by atoms with van der Waals surface area (Å²) in [6, 6.07) is 9.37. The van der Waals surface area contributed by atoms with Crippen LogP contribution >= 0.6 is 0 Å². The number of rotatable bonds is 6. The minimum absolute atomic E-state index is 0.0776. The van der Waals surface area contributed by atoms with E-state index in [4.69, 9.17) is 15.7 Å². The van der Waals surface area contributed by atoms with Crippen LogP contribution in [-0.2, 0) is 6.61 Å². The van der Waals surface area contributed by atoms with E-state index in [0.717, 1.165) is 12.1 Å². The third-order valence-corrected chi connectivity index (χ3v) is 3.35. The zero-order valence-corrected chi connectivity index (χ0v) is 12.2. The van der Waals surface area contributed by atoms with E-state index in [1.54, 1.807) is 24.3 Å². The van der Waals surface area contributed by atoms with Crippen molar-refractivity contribution in [2.45, 2.75) is 32.9 Å². The van der Waals surface area contributed by atoms with Gasteiger partial charge in [0.25, 0.3) is 0 Å². The summed E-state index contributed by atoms with van der Waals surface area (Å²) in [5.41, 5.74) is 7.03. The molecule has 0 bridgehead atoms. The van der Waals surface area contributed by atoms with E-state index in [2.05, 4.69) is 24.1 Å². The zero-order chi connectivity index (χ0) is 15.2. The van der Waals surface area contributed by atoms with Gasteiger partial charge < -0.3 is 15.7 Å². The van der Waals surface area contributed by atoms with Crippen LogP contribution in [0.3, 0.4) is 0 Å². The van der Waals surface area contributed by atoms with Crippen LogP contribution in [0.1, 0.15) is 37.6 Å². The highest BCUT2D eigenvalue weighted by atomic mass is 16.5. The smallest absolute Gasteiger partial charge is 0.170 e. The standard InChI is InChI=1S/C15H20N4O2/c1-3-11(2)19-9-8-13(17-19)10-21-14-6-4-12(5-7-14)15(16)18-20/h4-9,11,20H,3,10H2,1-2H3,(H2,16,18). The summed E-state index contributed by atoms with van der Waals surface area (Å²) in [4.78, 5) is 0. The first kappa shape index (κ1) is 14.9.